The number of nitrogens with one attached hydrogen (secondary N) is 1. The van der Waals surface area contributed by atoms with Crippen molar-refractivity contribution in [2.24, 2.45) is 0 Å². The van der Waals surface area contributed by atoms with Crippen LogP contribution in [0.1, 0.15) is 12.0 Å². The van der Waals surface area contributed by atoms with Gasteiger partial charge in [-0.2, -0.15) is 0 Å². The summed E-state index contributed by atoms with van der Waals surface area (Å²) in [4.78, 5) is 23.0. The number of carbonyl (C=O) groups excluding carboxylic acids is 1. The number of hydrogen-bond donors (Lipinski definition) is 3. The van der Waals surface area contributed by atoms with Crippen molar-refractivity contribution in [3.8, 4) is 0 Å². The zero-order chi connectivity index (χ0) is 15.1. The van der Waals surface area contributed by atoms with Gasteiger partial charge in [0.2, 0.25) is 5.91 Å². The molecule has 0 aliphatic carbocycles. The van der Waals surface area contributed by atoms with Gasteiger partial charge >= 0.3 is 5.97 Å². The Morgan fingerprint density at radius 2 is 2.15 bits per heavy atom. The maximum Gasteiger partial charge on any atom is 0.332 e. The highest BCUT2D eigenvalue weighted by molar-refractivity contribution is 9.10. The number of thioether (sulfide) groups is 1. The average Bonchev–Trinajstić information content (AvgIpc) is 2.37. The number of carbonyl (C=O) groups is 2. The normalized spacial score (nSPS) is 11.9. The van der Waals surface area contributed by atoms with Gasteiger partial charge in [-0.25, -0.2) is 4.79 Å². The van der Waals surface area contributed by atoms with Crippen LogP contribution in [-0.2, 0) is 9.59 Å². The summed E-state index contributed by atoms with van der Waals surface area (Å²) in [5.41, 5.74) is 1.08. The van der Waals surface area contributed by atoms with E-state index in [9.17, 15) is 9.59 Å². The summed E-state index contributed by atoms with van der Waals surface area (Å²) in [5.74, 6) is -1.21. The van der Waals surface area contributed by atoms with Gasteiger partial charge in [0.05, 0.1) is 5.75 Å². The first kappa shape index (κ1) is 17.0. The van der Waals surface area contributed by atoms with Crippen LogP contribution in [0.2, 0.25) is 0 Å². The highest BCUT2D eigenvalue weighted by Crippen LogP contribution is 2.24. The average molecular weight is 362 g/mol. The van der Waals surface area contributed by atoms with E-state index in [2.05, 4.69) is 21.2 Å². The second kappa shape index (κ2) is 8.28. The highest BCUT2D eigenvalue weighted by atomic mass is 79.9. The fraction of sp³-hybridized carbons (Fsp3) is 0.385. The van der Waals surface area contributed by atoms with E-state index >= 15 is 0 Å². The number of amides is 1. The fourth-order valence-electron chi connectivity index (χ4n) is 1.44. The number of aliphatic hydroxyl groups is 1. The van der Waals surface area contributed by atoms with Crippen molar-refractivity contribution in [3.05, 3.63) is 28.2 Å². The summed E-state index contributed by atoms with van der Waals surface area (Å²) < 4.78 is 0.992. The van der Waals surface area contributed by atoms with Gasteiger partial charge in [-0.3, -0.25) is 4.79 Å². The van der Waals surface area contributed by atoms with E-state index in [-0.39, 0.29) is 24.6 Å². The molecule has 0 radical (unpaired) electrons. The van der Waals surface area contributed by atoms with Crippen LogP contribution in [-0.4, -0.2) is 40.5 Å². The molecule has 0 aliphatic rings. The molecule has 0 fully saturated rings. The molecule has 0 spiro atoms. The molecule has 5 nitrogen and oxygen atoms in total. The lowest BCUT2D eigenvalue weighted by Crippen LogP contribution is -2.31. The van der Waals surface area contributed by atoms with Gasteiger partial charge in [0.25, 0.3) is 0 Å². The minimum Gasteiger partial charge on any atom is -0.479 e. The predicted molar refractivity (Wildman–Crippen MR) is 80.9 cm³/mol. The lowest BCUT2D eigenvalue weighted by atomic mass is 10.2. The van der Waals surface area contributed by atoms with Crippen molar-refractivity contribution in [3.63, 3.8) is 0 Å². The lowest BCUT2D eigenvalue weighted by Gasteiger charge is -2.08. The molecule has 1 amide bonds. The van der Waals surface area contributed by atoms with Crippen LogP contribution in [0, 0.1) is 6.92 Å². The maximum absolute atomic E-state index is 11.6. The molecule has 0 bridgehead atoms. The molecule has 20 heavy (non-hydrogen) atoms. The Hall–Kier alpha value is -1.05. The Balaban J connectivity index is 2.31. The second-order valence-corrected chi connectivity index (χ2v) is 6.12. The summed E-state index contributed by atoms with van der Waals surface area (Å²) in [7, 11) is 0. The topological polar surface area (TPSA) is 86.6 Å². The Kier molecular flexibility index (Phi) is 7.04. The molecule has 0 aromatic heterocycles. The number of aliphatic hydroxyl groups excluding tert-OH is 1. The zero-order valence-corrected chi connectivity index (χ0v) is 13.3. The Morgan fingerprint density at radius 3 is 2.75 bits per heavy atom. The maximum atomic E-state index is 11.6. The van der Waals surface area contributed by atoms with Crippen LogP contribution >= 0.6 is 27.7 Å². The first-order valence-corrected chi connectivity index (χ1v) is 7.74. The molecule has 1 aromatic carbocycles. The standard InChI is InChI=1S/C13H16BrNO4S/c1-8-6-9(14)2-3-11(8)20-7-12(17)15-5-4-10(16)13(18)19/h2-3,6,10,16H,4-5,7H2,1H3,(H,15,17)(H,18,19). The van der Waals surface area contributed by atoms with Gasteiger partial charge in [-0.1, -0.05) is 15.9 Å². The highest BCUT2D eigenvalue weighted by Gasteiger charge is 2.13. The van der Waals surface area contributed by atoms with Gasteiger partial charge in [-0.05, 0) is 30.7 Å². The molecule has 110 valence electrons. The van der Waals surface area contributed by atoms with E-state index in [0.29, 0.717) is 0 Å². The van der Waals surface area contributed by atoms with Gasteiger partial charge in [0, 0.05) is 22.3 Å². The van der Waals surface area contributed by atoms with Crippen LogP contribution in [0.3, 0.4) is 0 Å². The molecular formula is C13H16BrNO4S. The van der Waals surface area contributed by atoms with E-state index in [0.717, 1.165) is 14.9 Å². The number of hydrogen-bond acceptors (Lipinski definition) is 4. The third kappa shape index (κ3) is 5.94. The first-order valence-electron chi connectivity index (χ1n) is 5.96. The molecule has 7 heteroatoms. The molecule has 0 aliphatic heterocycles. The molecule has 0 heterocycles. The smallest absolute Gasteiger partial charge is 0.332 e. The van der Waals surface area contributed by atoms with E-state index in [4.69, 9.17) is 10.2 Å². The van der Waals surface area contributed by atoms with E-state index in [1.54, 1.807) is 0 Å². The number of aliphatic carboxylic acids is 1. The number of carboxylic acid groups (broad SMARTS) is 1. The SMILES string of the molecule is Cc1cc(Br)ccc1SCC(=O)NCCC(O)C(=O)O. The third-order valence-electron chi connectivity index (χ3n) is 2.52. The number of carboxylic acids is 1. The van der Waals surface area contributed by atoms with Crippen molar-refractivity contribution in [2.45, 2.75) is 24.3 Å². The van der Waals surface area contributed by atoms with Crippen LogP contribution in [0.25, 0.3) is 0 Å². The van der Waals surface area contributed by atoms with Gasteiger partial charge in [0.15, 0.2) is 6.10 Å². The van der Waals surface area contributed by atoms with Crippen molar-refractivity contribution < 1.29 is 19.8 Å². The monoisotopic (exact) mass is 361 g/mol. The van der Waals surface area contributed by atoms with Crippen molar-refractivity contribution >= 4 is 39.6 Å². The number of rotatable bonds is 7. The summed E-state index contributed by atoms with van der Waals surface area (Å²) in [6, 6.07) is 5.82. The van der Waals surface area contributed by atoms with Gasteiger partial charge in [-0.15, -0.1) is 11.8 Å². The molecule has 1 unspecified atom stereocenters. The van der Waals surface area contributed by atoms with Crippen molar-refractivity contribution in [1.82, 2.24) is 5.32 Å². The zero-order valence-electron chi connectivity index (χ0n) is 10.9. The molecule has 0 saturated carbocycles. The number of benzene rings is 1. The molecule has 0 saturated heterocycles. The predicted octanol–water partition coefficient (Wildman–Crippen LogP) is 1.80. The summed E-state index contributed by atoms with van der Waals surface area (Å²) in [6.07, 6.45) is -1.43. The number of aryl methyl sites for hydroxylation is 1. The van der Waals surface area contributed by atoms with E-state index in [1.165, 1.54) is 11.8 Å². The summed E-state index contributed by atoms with van der Waals surface area (Å²) in [6.45, 7) is 2.11. The quantitative estimate of drug-likeness (QED) is 0.644. The summed E-state index contributed by atoms with van der Waals surface area (Å²) in [5, 5.41) is 20.1. The lowest BCUT2D eigenvalue weighted by molar-refractivity contribution is -0.147. The fourth-order valence-corrected chi connectivity index (χ4v) is 2.76. The number of halogens is 1. The second-order valence-electron chi connectivity index (χ2n) is 4.19. The van der Waals surface area contributed by atoms with E-state index in [1.807, 2.05) is 25.1 Å². The molecular weight excluding hydrogens is 346 g/mol. The largest absolute Gasteiger partial charge is 0.479 e. The molecule has 1 atom stereocenters. The molecule has 3 N–H and O–H groups in total. The van der Waals surface area contributed by atoms with Crippen LogP contribution in [0.5, 0.6) is 0 Å². The van der Waals surface area contributed by atoms with Crippen molar-refractivity contribution in [1.29, 1.82) is 0 Å². The van der Waals surface area contributed by atoms with Gasteiger partial charge < -0.3 is 15.5 Å². The van der Waals surface area contributed by atoms with Crippen LogP contribution < -0.4 is 5.32 Å². The summed E-state index contributed by atoms with van der Waals surface area (Å²) >= 11 is 4.79. The third-order valence-corrected chi connectivity index (χ3v) is 4.19. The Morgan fingerprint density at radius 1 is 1.45 bits per heavy atom. The Bertz CT molecular complexity index is 495. The Labute approximate surface area is 129 Å². The minimum absolute atomic E-state index is 0.00303. The molecule has 1 rings (SSSR count). The van der Waals surface area contributed by atoms with Gasteiger partial charge in [0.1, 0.15) is 0 Å². The first-order chi connectivity index (χ1) is 9.40. The minimum atomic E-state index is -1.43. The molecule has 1 aromatic rings. The van der Waals surface area contributed by atoms with Crippen LogP contribution in [0.15, 0.2) is 27.6 Å². The van der Waals surface area contributed by atoms with Crippen LogP contribution in [0.4, 0.5) is 0 Å². The van der Waals surface area contributed by atoms with Crippen molar-refractivity contribution in [2.75, 3.05) is 12.3 Å². The van der Waals surface area contributed by atoms with E-state index < -0.39 is 12.1 Å².